The number of H-pyrrole nitrogens is 1. The average molecular weight is 419 g/mol. The molecule has 2 N–H and O–H groups in total. The Morgan fingerprint density at radius 2 is 2.31 bits per heavy atom. The van der Waals surface area contributed by atoms with Crippen LogP contribution in [0.1, 0.15) is 12.8 Å². The molecule has 29 heavy (non-hydrogen) atoms. The van der Waals surface area contributed by atoms with Gasteiger partial charge in [0.15, 0.2) is 17.5 Å². The number of likely N-dealkylation sites (tertiary alicyclic amines) is 1. The number of fused-ring (bicyclic) bond motifs is 1. The highest BCUT2D eigenvalue weighted by atomic mass is 35.5. The molecule has 1 amide bonds. The van der Waals surface area contributed by atoms with Gasteiger partial charge >= 0.3 is 0 Å². The monoisotopic (exact) mass is 418 g/mol. The fourth-order valence-electron chi connectivity index (χ4n) is 3.49. The van der Waals surface area contributed by atoms with Crippen LogP contribution < -0.4 is 5.32 Å². The Morgan fingerprint density at radius 3 is 3.14 bits per heavy atom. The Balaban J connectivity index is 1.57. The van der Waals surface area contributed by atoms with Crippen molar-refractivity contribution in [3.05, 3.63) is 35.5 Å². The molecule has 0 radical (unpaired) electrons. The average Bonchev–Trinajstić information content (AvgIpc) is 3.13. The summed E-state index contributed by atoms with van der Waals surface area (Å²) in [5.74, 6) is -0.172. The van der Waals surface area contributed by atoms with Gasteiger partial charge in [0, 0.05) is 49.6 Å². The Labute approximate surface area is 171 Å². The number of aromatic nitrogens is 4. The normalized spacial score (nSPS) is 16.9. The first-order chi connectivity index (χ1) is 14.0. The molecule has 0 spiro atoms. The molecule has 0 aliphatic carbocycles. The number of aromatic amines is 1. The van der Waals surface area contributed by atoms with Crippen molar-refractivity contribution >= 4 is 34.4 Å². The summed E-state index contributed by atoms with van der Waals surface area (Å²) in [6, 6.07) is 1.65. The van der Waals surface area contributed by atoms with Gasteiger partial charge in [-0.25, -0.2) is 19.3 Å². The molecule has 0 saturated carbocycles. The van der Waals surface area contributed by atoms with Gasteiger partial charge in [-0.3, -0.25) is 4.79 Å². The molecule has 1 saturated heterocycles. The Hall–Kier alpha value is -2.78. The highest BCUT2D eigenvalue weighted by molar-refractivity contribution is 6.31. The minimum absolute atomic E-state index is 0.0376. The van der Waals surface area contributed by atoms with Crippen molar-refractivity contribution < 1.29 is 13.9 Å². The molecule has 1 fully saturated rings. The number of carbonyl (C=O) groups is 1. The summed E-state index contributed by atoms with van der Waals surface area (Å²) < 4.78 is 19.3. The highest BCUT2D eigenvalue weighted by Gasteiger charge is 2.25. The van der Waals surface area contributed by atoms with Gasteiger partial charge in [-0.1, -0.05) is 11.6 Å². The van der Waals surface area contributed by atoms with Crippen LogP contribution in [-0.2, 0) is 9.53 Å². The van der Waals surface area contributed by atoms with Gasteiger partial charge < -0.3 is 19.9 Å². The third-order valence-corrected chi connectivity index (χ3v) is 5.07. The number of halogens is 2. The van der Waals surface area contributed by atoms with Crippen LogP contribution in [0.3, 0.4) is 0 Å². The van der Waals surface area contributed by atoms with E-state index in [1.165, 1.54) is 7.11 Å². The predicted molar refractivity (Wildman–Crippen MR) is 107 cm³/mol. The second kappa shape index (κ2) is 8.30. The van der Waals surface area contributed by atoms with Crippen molar-refractivity contribution in [1.29, 1.82) is 0 Å². The summed E-state index contributed by atoms with van der Waals surface area (Å²) in [5.41, 5.74) is 1.32. The zero-order valence-electron chi connectivity index (χ0n) is 15.8. The lowest BCUT2D eigenvalue weighted by molar-refractivity contribution is -0.136. The third kappa shape index (κ3) is 4.15. The largest absolute Gasteiger partial charge is 0.375 e. The minimum Gasteiger partial charge on any atom is -0.375 e. The van der Waals surface area contributed by atoms with Gasteiger partial charge in [0.2, 0.25) is 5.91 Å². The van der Waals surface area contributed by atoms with E-state index in [9.17, 15) is 9.18 Å². The Morgan fingerprint density at radius 1 is 1.45 bits per heavy atom. The van der Waals surface area contributed by atoms with Crippen LogP contribution in [0.25, 0.3) is 22.4 Å². The van der Waals surface area contributed by atoms with E-state index in [-0.39, 0.29) is 24.4 Å². The number of methoxy groups -OCH3 is 1. The van der Waals surface area contributed by atoms with E-state index < -0.39 is 5.82 Å². The molecule has 10 heteroatoms. The standard InChI is InChI=1S/C19H20ClFN6O2/c1-29-10-16(28)27-4-2-3-12(9-27)25-19-15(21)8-24-18(26-19)14-7-23-17-13(14)5-11(20)6-22-17/h5-8,12H,2-4,9-10H2,1H3,(H,22,23)(H,24,25,26). The van der Waals surface area contributed by atoms with Crippen molar-refractivity contribution in [1.82, 2.24) is 24.8 Å². The number of hydrogen-bond donors (Lipinski definition) is 2. The van der Waals surface area contributed by atoms with E-state index >= 15 is 0 Å². The second-order valence-corrected chi connectivity index (χ2v) is 7.33. The topological polar surface area (TPSA) is 96.0 Å². The number of rotatable bonds is 5. The molecule has 8 nitrogen and oxygen atoms in total. The molecule has 4 rings (SSSR count). The molecule has 1 aliphatic rings. The van der Waals surface area contributed by atoms with E-state index in [4.69, 9.17) is 16.3 Å². The van der Waals surface area contributed by atoms with Crippen molar-refractivity contribution in [2.45, 2.75) is 18.9 Å². The summed E-state index contributed by atoms with van der Waals surface area (Å²) in [5, 5.41) is 4.37. The number of nitrogens with one attached hydrogen (secondary N) is 2. The number of pyridine rings is 1. The molecule has 0 aromatic carbocycles. The molecule has 1 aliphatic heterocycles. The summed E-state index contributed by atoms with van der Waals surface area (Å²) in [4.78, 5) is 29.6. The molecule has 3 aromatic heterocycles. The van der Waals surface area contributed by atoms with E-state index in [1.54, 1.807) is 23.4 Å². The Kier molecular flexibility index (Phi) is 5.59. The van der Waals surface area contributed by atoms with Crippen LogP contribution in [0, 0.1) is 5.82 Å². The molecular formula is C19H20ClFN6O2. The number of piperidine rings is 1. The number of hydrogen-bond acceptors (Lipinski definition) is 6. The molecular weight excluding hydrogens is 399 g/mol. The van der Waals surface area contributed by atoms with E-state index in [2.05, 4.69) is 25.3 Å². The lowest BCUT2D eigenvalue weighted by atomic mass is 10.1. The first kappa shape index (κ1) is 19.5. The SMILES string of the molecule is COCC(=O)N1CCCC(Nc2nc(-c3c[nH]c4ncc(Cl)cc34)ncc2F)C1. The summed E-state index contributed by atoms with van der Waals surface area (Å²) in [7, 11) is 1.49. The molecule has 1 atom stereocenters. The van der Waals surface area contributed by atoms with Gasteiger partial charge in [-0.15, -0.1) is 0 Å². The lowest BCUT2D eigenvalue weighted by Crippen LogP contribution is -2.46. The van der Waals surface area contributed by atoms with Crippen LogP contribution in [0.4, 0.5) is 10.2 Å². The van der Waals surface area contributed by atoms with Crippen LogP contribution in [0.15, 0.2) is 24.7 Å². The lowest BCUT2D eigenvalue weighted by Gasteiger charge is -2.33. The fraction of sp³-hybridized carbons (Fsp3) is 0.368. The number of ether oxygens (including phenoxy) is 1. The van der Waals surface area contributed by atoms with Gasteiger partial charge in [-0.2, -0.15) is 0 Å². The van der Waals surface area contributed by atoms with E-state index in [1.807, 2.05) is 0 Å². The number of amides is 1. The summed E-state index contributed by atoms with van der Waals surface area (Å²) in [6.45, 7) is 1.17. The quantitative estimate of drug-likeness (QED) is 0.661. The highest BCUT2D eigenvalue weighted by Crippen LogP contribution is 2.28. The maximum atomic E-state index is 14.4. The van der Waals surface area contributed by atoms with Gasteiger partial charge in [0.25, 0.3) is 0 Å². The zero-order valence-corrected chi connectivity index (χ0v) is 16.5. The van der Waals surface area contributed by atoms with Crippen molar-refractivity contribution in [3.8, 4) is 11.4 Å². The van der Waals surface area contributed by atoms with Crippen LogP contribution in [0.2, 0.25) is 5.02 Å². The smallest absolute Gasteiger partial charge is 0.248 e. The third-order valence-electron chi connectivity index (χ3n) is 4.87. The van der Waals surface area contributed by atoms with Gasteiger partial charge in [0.05, 0.1) is 11.2 Å². The maximum absolute atomic E-state index is 14.4. The van der Waals surface area contributed by atoms with E-state index in [0.29, 0.717) is 35.1 Å². The van der Waals surface area contributed by atoms with Crippen LogP contribution in [0.5, 0.6) is 0 Å². The number of anilines is 1. The van der Waals surface area contributed by atoms with E-state index in [0.717, 1.165) is 24.4 Å². The molecule has 1 unspecified atom stereocenters. The number of nitrogens with zero attached hydrogens (tertiary/aromatic N) is 4. The van der Waals surface area contributed by atoms with Crippen molar-refractivity contribution in [3.63, 3.8) is 0 Å². The minimum atomic E-state index is -0.551. The summed E-state index contributed by atoms with van der Waals surface area (Å²) >= 11 is 6.05. The fourth-order valence-corrected chi connectivity index (χ4v) is 3.65. The molecule has 4 heterocycles. The molecule has 3 aromatic rings. The number of carbonyl (C=O) groups excluding carboxylic acids is 1. The van der Waals surface area contributed by atoms with Crippen LogP contribution >= 0.6 is 11.6 Å². The zero-order chi connectivity index (χ0) is 20.4. The van der Waals surface area contributed by atoms with Crippen molar-refractivity contribution in [2.24, 2.45) is 0 Å². The Bertz CT molecular complexity index is 1040. The predicted octanol–water partition coefficient (Wildman–Crippen LogP) is 2.86. The summed E-state index contributed by atoms with van der Waals surface area (Å²) in [6.07, 6.45) is 6.03. The van der Waals surface area contributed by atoms with Crippen LogP contribution in [-0.4, -0.2) is 63.6 Å². The second-order valence-electron chi connectivity index (χ2n) is 6.90. The molecule has 152 valence electrons. The van der Waals surface area contributed by atoms with Gasteiger partial charge in [0.1, 0.15) is 12.3 Å². The van der Waals surface area contributed by atoms with Gasteiger partial charge in [-0.05, 0) is 18.9 Å². The van der Waals surface area contributed by atoms with Crippen molar-refractivity contribution in [2.75, 3.05) is 32.1 Å². The first-order valence-corrected chi connectivity index (χ1v) is 9.61. The first-order valence-electron chi connectivity index (χ1n) is 9.24. The maximum Gasteiger partial charge on any atom is 0.248 e. The molecule has 0 bridgehead atoms.